The first-order valence-electron chi connectivity index (χ1n) is 3.35. The predicted octanol–water partition coefficient (Wildman–Crippen LogP) is 0.213. The topological polar surface area (TPSA) is 60.3 Å². The molecule has 12 heavy (non-hydrogen) atoms. The third kappa shape index (κ3) is 1.58. The minimum Gasteiger partial charge on any atom is -0.410 e. The average molecular weight is 162 g/mol. The summed E-state index contributed by atoms with van der Waals surface area (Å²) < 4.78 is 1.83. The first kappa shape index (κ1) is 8.21. The molecule has 1 aromatic rings. The van der Waals surface area contributed by atoms with Gasteiger partial charge in [0.15, 0.2) is 18.1 Å². The van der Waals surface area contributed by atoms with E-state index in [1.54, 1.807) is 30.6 Å². The van der Waals surface area contributed by atoms with Crippen LogP contribution in [0.1, 0.15) is 5.56 Å². The van der Waals surface area contributed by atoms with Crippen molar-refractivity contribution in [3.63, 3.8) is 0 Å². The molecule has 0 aliphatic rings. The molecular formula is C8H8N3O+. The zero-order chi connectivity index (χ0) is 8.97. The fourth-order valence-corrected chi connectivity index (χ4v) is 0.803. The van der Waals surface area contributed by atoms with E-state index in [0.717, 1.165) is 0 Å². The van der Waals surface area contributed by atoms with Gasteiger partial charge in [-0.25, -0.2) is 4.57 Å². The summed E-state index contributed by atoms with van der Waals surface area (Å²) in [5, 5.41) is 19.8. The van der Waals surface area contributed by atoms with Crippen LogP contribution < -0.4 is 4.57 Å². The van der Waals surface area contributed by atoms with E-state index in [2.05, 4.69) is 5.16 Å². The van der Waals surface area contributed by atoms with Crippen LogP contribution in [0.5, 0.6) is 0 Å². The number of hydrogen-bond acceptors (Lipinski definition) is 3. The van der Waals surface area contributed by atoms with Crippen LogP contribution in [0.3, 0.4) is 0 Å². The molecule has 0 spiro atoms. The summed E-state index contributed by atoms with van der Waals surface area (Å²) in [4.78, 5) is 0. The summed E-state index contributed by atoms with van der Waals surface area (Å²) >= 11 is 0. The molecule has 0 aliphatic heterocycles. The molecule has 1 rings (SSSR count). The fraction of sp³-hybridized carbons (Fsp3) is 0.125. The second kappa shape index (κ2) is 3.49. The Morgan fingerprint density at radius 2 is 2.17 bits per heavy atom. The molecule has 0 saturated carbocycles. The quantitative estimate of drug-likeness (QED) is 0.278. The second-order valence-electron chi connectivity index (χ2n) is 2.31. The maximum Gasteiger partial charge on any atom is 0.187 e. The van der Waals surface area contributed by atoms with Crippen LogP contribution in [0.25, 0.3) is 0 Å². The average Bonchev–Trinajstić information content (AvgIpc) is 2.10. The van der Waals surface area contributed by atoms with Crippen LogP contribution in [-0.2, 0) is 7.05 Å². The molecule has 60 valence electrons. The van der Waals surface area contributed by atoms with E-state index in [-0.39, 0.29) is 5.71 Å². The third-order valence-electron chi connectivity index (χ3n) is 1.46. The number of oxime groups is 1. The molecule has 0 aromatic carbocycles. The molecule has 0 fully saturated rings. The predicted molar refractivity (Wildman–Crippen MR) is 41.6 cm³/mol. The molecule has 0 amide bonds. The number of aryl methyl sites for hydroxylation is 1. The Morgan fingerprint density at radius 3 is 2.58 bits per heavy atom. The summed E-state index contributed by atoms with van der Waals surface area (Å²) in [5.41, 5.74) is 0.633. The zero-order valence-corrected chi connectivity index (χ0v) is 6.60. The van der Waals surface area contributed by atoms with Gasteiger partial charge in [0, 0.05) is 17.7 Å². The van der Waals surface area contributed by atoms with Crippen molar-refractivity contribution in [1.82, 2.24) is 0 Å². The molecule has 1 heterocycles. The van der Waals surface area contributed by atoms with Crippen LogP contribution in [0.2, 0.25) is 0 Å². The summed E-state index contributed by atoms with van der Waals surface area (Å²) in [6, 6.07) is 5.19. The van der Waals surface area contributed by atoms with E-state index in [1.165, 1.54) is 0 Å². The van der Waals surface area contributed by atoms with Crippen molar-refractivity contribution < 1.29 is 9.77 Å². The van der Waals surface area contributed by atoms with E-state index >= 15 is 0 Å². The fourth-order valence-electron chi connectivity index (χ4n) is 0.803. The van der Waals surface area contributed by atoms with Crippen LogP contribution >= 0.6 is 0 Å². The van der Waals surface area contributed by atoms with Crippen molar-refractivity contribution in [1.29, 1.82) is 5.26 Å². The second-order valence-corrected chi connectivity index (χ2v) is 2.31. The Kier molecular flexibility index (Phi) is 2.38. The van der Waals surface area contributed by atoms with Crippen LogP contribution in [0.15, 0.2) is 29.7 Å². The Hall–Kier alpha value is -1.89. The van der Waals surface area contributed by atoms with Crippen LogP contribution in [0.4, 0.5) is 0 Å². The maximum atomic E-state index is 8.50. The number of hydrogen-bond donors (Lipinski definition) is 1. The van der Waals surface area contributed by atoms with Gasteiger partial charge in [0.2, 0.25) is 0 Å². The lowest BCUT2D eigenvalue weighted by molar-refractivity contribution is -0.671. The van der Waals surface area contributed by atoms with E-state index in [4.69, 9.17) is 10.5 Å². The number of pyridine rings is 1. The van der Waals surface area contributed by atoms with Crippen LogP contribution in [-0.4, -0.2) is 10.9 Å². The van der Waals surface area contributed by atoms with Gasteiger partial charge in [-0.2, -0.15) is 5.26 Å². The Labute approximate surface area is 70.0 Å². The van der Waals surface area contributed by atoms with Crippen molar-refractivity contribution in [2.45, 2.75) is 0 Å². The van der Waals surface area contributed by atoms with Crippen LogP contribution in [0, 0.1) is 11.3 Å². The van der Waals surface area contributed by atoms with Gasteiger partial charge >= 0.3 is 0 Å². The lowest BCUT2D eigenvalue weighted by Crippen LogP contribution is -2.26. The molecule has 0 saturated heterocycles. The van der Waals surface area contributed by atoms with E-state index in [1.807, 2.05) is 11.6 Å². The highest BCUT2D eigenvalue weighted by molar-refractivity contribution is 6.11. The van der Waals surface area contributed by atoms with Gasteiger partial charge in [-0.1, -0.05) is 5.16 Å². The normalized spacial score (nSPS) is 10.8. The lowest BCUT2D eigenvalue weighted by atomic mass is 10.2. The Morgan fingerprint density at radius 1 is 1.58 bits per heavy atom. The van der Waals surface area contributed by atoms with Gasteiger partial charge in [0.05, 0.1) is 0 Å². The number of nitriles is 1. The molecule has 0 bridgehead atoms. The van der Waals surface area contributed by atoms with Crippen molar-refractivity contribution in [3.8, 4) is 6.07 Å². The smallest absolute Gasteiger partial charge is 0.187 e. The van der Waals surface area contributed by atoms with Crippen molar-refractivity contribution in [2.24, 2.45) is 12.2 Å². The third-order valence-corrected chi connectivity index (χ3v) is 1.46. The largest absolute Gasteiger partial charge is 0.410 e. The molecule has 0 aliphatic carbocycles. The molecule has 4 heteroatoms. The molecule has 1 N–H and O–H groups in total. The minimum atomic E-state index is 0.0237. The van der Waals surface area contributed by atoms with Crippen molar-refractivity contribution >= 4 is 5.71 Å². The molecule has 1 aromatic heterocycles. The zero-order valence-electron chi connectivity index (χ0n) is 6.60. The first-order chi connectivity index (χ1) is 5.77. The summed E-state index contributed by atoms with van der Waals surface area (Å²) in [5.74, 6) is 0. The van der Waals surface area contributed by atoms with Crippen molar-refractivity contribution in [3.05, 3.63) is 30.1 Å². The number of rotatable bonds is 1. The standard InChI is InChI=1S/C8H7N3O/c1-11-4-2-7(3-5-11)8(6-9)10-12/h2-5H,1H3/p+1. The van der Waals surface area contributed by atoms with Crippen molar-refractivity contribution in [2.75, 3.05) is 0 Å². The van der Waals surface area contributed by atoms with E-state index in [9.17, 15) is 0 Å². The van der Waals surface area contributed by atoms with E-state index < -0.39 is 0 Å². The first-order valence-corrected chi connectivity index (χ1v) is 3.35. The van der Waals surface area contributed by atoms with Gasteiger partial charge in [0.1, 0.15) is 13.1 Å². The van der Waals surface area contributed by atoms with Gasteiger partial charge < -0.3 is 5.21 Å². The molecule has 4 nitrogen and oxygen atoms in total. The molecule has 0 unspecified atom stereocenters. The van der Waals surface area contributed by atoms with E-state index in [0.29, 0.717) is 5.56 Å². The minimum absolute atomic E-state index is 0.0237. The van der Waals surface area contributed by atoms with Gasteiger partial charge in [-0.05, 0) is 0 Å². The molecule has 0 atom stereocenters. The summed E-state index contributed by atoms with van der Waals surface area (Å²) in [6.45, 7) is 0. The highest BCUT2D eigenvalue weighted by atomic mass is 16.4. The summed E-state index contributed by atoms with van der Waals surface area (Å²) in [6.07, 6.45) is 3.55. The highest BCUT2D eigenvalue weighted by Gasteiger charge is 2.03. The van der Waals surface area contributed by atoms with Gasteiger partial charge in [0.25, 0.3) is 0 Å². The highest BCUT2D eigenvalue weighted by Crippen LogP contribution is 1.96. The van der Waals surface area contributed by atoms with Gasteiger partial charge in [-0.3, -0.25) is 0 Å². The monoisotopic (exact) mass is 162 g/mol. The molecule has 0 radical (unpaired) electrons. The number of nitrogens with zero attached hydrogens (tertiary/aromatic N) is 3. The Balaban J connectivity index is 3.06. The molecular weight excluding hydrogens is 154 g/mol. The Bertz CT molecular complexity index is 334. The summed E-state index contributed by atoms with van der Waals surface area (Å²) in [7, 11) is 1.87. The SMILES string of the molecule is C[n+]1ccc(C(C#N)=NO)cc1. The van der Waals surface area contributed by atoms with Gasteiger partial charge in [-0.15, -0.1) is 0 Å². The lowest BCUT2D eigenvalue weighted by Gasteiger charge is -1.91. The number of aromatic nitrogens is 1. The maximum absolute atomic E-state index is 8.50.